The van der Waals surface area contributed by atoms with Crippen LogP contribution < -0.4 is 20.2 Å². The molecule has 9 nitrogen and oxygen atoms in total. The lowest BCUT2D eigenvalue weighted by molar-refractivity contribution is -0.136. The first-order chi connectivity index (χ1) is 16.4. The van der Waals surface area contributed by atoms with E-state index < -0.39 is 17.8 Å². The van der Waals surface area contributed by atoms with Crippen LogP contribution in [0.15, 0.2) is 77.9 Å². The number of rotatable bonds is 6. The van der Waals surface area contributed by atoms with Gasteiger partial charge in [0.1, 0.15) is 11.5 Å². The van der Waals surface area contributed by atoms with Crippen LogP contribution >= 0.6 is 0 Å². The first kappa shape index (κ1) is 23.7. The fourth-order valence-corrected chi connectivity index (χ4v) is 2.75. The third-order valence-electron chi connectivity index (χ3n) is 4.59. The second-order valence-electron chi connectivity index (χ2n) is 6.93. The molecule has 0 aromatic heterocycles. The molecule has 0 saturated carbocycles. The van der Waals surface area contributed by atoms with Crippen LogP contribution in [0.3, 0.4) is 0 Å². The third kappa shape index (κ3) is 6.27. The van der Waals surface area contributed by atoms with E-state index in [0.29, 0.717) is 39.6 Å². The van der Waals surface area contributed by atoms with Gasteiger partial charge < -0.3 is 14.8 Å². The van der Waals surface area contributed by atoms with Crippen molar-refractivity contribution in [3.8, 4) is 17.6 Å². The van der Waals surface area contributed by atoms with E-state index in [1.165, 1.54) is 31.4 Å². The van der Waals surface area contributed by atoms with Crippen molar-refractivity contribution in [1.29, 1.82) is 5.26 Å². The zero-order chi connectivity index (χ0) is 24.5. The summed E-state index contributed by atoms with van der Waals surface area (Å²) in [7, 11) is 1.51. The number of ether oxygens (including phenoxy) is 2. The number of amides is 2. The van der Waals surface area contributed by atoms with Crippen molar-refractivity contribution in [3.05, 3.63) is 89.5 Å². The van der Waals surface area contributed by atoms with Crippen molar-refractivity contribution >= 4 is 29.2 Å². The van der Waals surface area contributed by atoms with Crippen molar-refractivity contribution in [2.24, 2.45) is 5.10 Å². The molecule has 2 N–H and O–H groups in total. The maximum absolute atomic E-state index is 12.3. The number of esters is 1. The molecule has 0 aliphatic rings. The Balaban J connectivity index is 1.56. The molecule has 9 heteroatoms. The molecule has 3 aromatic rings. The standard InChI is InChI=1S/C25H20N4O5/c1-16(28-29-24(31)23(30)27-20-10-6-17(15-26)7-11-20)18-8-12-21(13-9-18)34-25(32)19-4-3-5-22(14-19)33-2/h3-14H,1-2H3,(H,27,30)(H,29,31)/b28-16+. The molecule has 0 unspecified atom stereocenters. The first-order valence-corrected chi connectivity index (χ1v) is 10.0. The average molecular weight is 456 g/mol. The summed E-state index contributed by atoms with van der Waals surface area (Å²) in [6, 6.07) is 21.2. The number of nitrogens with zero attached hydrogens (tertiary/aromatic N) is 2. The van der Waals surface area contributed by atoms with Gasteiger partial charge in [-0.1, -0.05) is 6.07 Å². The summed E-state index contributed by atoms with van der Waals surface area (Å²) in [4.78, 5) is 36.3. The highest BCUT2D eigenvalue weighted by Crippen LogP contribution is 2.17. The van der Waals surface area contributed by atoms with E-state index in [9.17, 15) is 14.4 Å². The Labute approximate surface area is 195 Å². The molecule has 170 valence electrons. The Bertz CT molecular complexity index is 1280. The van der Waals surface area contributed by atoms with Gasteiger partial charge in [-0.25, -0.2) is 10.2 Å². The Morgan fingerprint density at radius 3 is 2.24 bits per heavy atom. The van der Waals surface area contributed by atoms with Gasteiger partial charge in [-0.05, 0) is 79.2 Å². The molecule has 0 heterocycles. The highest BCUT2D eigenvalue weighted by atomic mass is 16.5. The number of methoxy groups -OCH3 is 1. The monoisotopic (exact) mass is 456 g/mol. The number of carbonyl (C=O) groups excluding carboxylic acids is 3. The molecule has 0 aliphatic heterocycles. The number of nitrogens with one attached hydrogen (secondary N) is 2. The number of nitriles is 1. The van der Waals surface area contributed by atoms with Crippen LogP contribution in [-0.4, -0.2) is 30.6 Å². The number of anilines is 1. The summed E-state index contributed by atoms with van der Waals surface area (Å²) in [5, 5.41) is 15.1. The Hall–Kier alpha value is -4.97. The molecule has 0 fully saturated rings. The summed E-state index contributed by atoms with van der Waals surface area (Å²) in [5.74, 6) is -1.51. The number of hydrogen-bond donors (Lipinski definition) is 2. The zero-order valence-corrected chi connectivity index (χ0v) is 18.4. The minimum atomic E-state index is -0.951. The molecule has 0 bridgehead atoms. The Kier molecular flexibility index (Phi) is 7.71. The van der Waals surface area contributed by atoms with Gasteiger partial charge in [0, 0.05) is 5.69 Å². The van der Waals surface area contributed by atoms with Gasteiger partial charge in [-0.3, -0.25) is 9.59 Å². The second-order valence-corrected chi connectivity index (χ2v) is 6.93. The molecular weight excluding hydrogens is 436 g/mol. The minimum absolute atomic E-state index is 0.329. The highest BCUT2D eigenvalue weighted by Gasteiger charge is 2.14. The van der Waals surface area contributed by atoms with Crippen LogP contribution in [0.5, 0.6) is 11.5 Å². The molecule has 2 amide bonds. The van der Waals surface area contributed by atoms with Crippen LogP contribution in [0.25, 0.3) is 0 Å². The summed E-state index contributed by atoms with van der Waals surface area (Å²) < 4.78 is 10.5. The van der Waals surface area contributed by atoms with Crippen LogP contribution in [-0.2, 0) is 9.59 Å². The quantitative estimate of drug-likeness (QED) is 0.193. The Morgan fingerprint density at radius 2 is 1.59 bits per heavy atom. The summed E-state index contributed by atoms with van der Waals surface area (Å²) in [5.41, 5.74) is 4.43. The van der Waals surface area contributed by atoms with Crippen molar-refractivity contribution in [2.45, 2.75) is 6.92 Å². The lowest BCUT2D eigenvalue weighted by Gasteiger charge is -2.07. The molecule has 0 radical (unpaired) electrons. The lowest BCUT2D eigenvalue weighted by atomic mass is 10.1. The summed E-state index contributed by atoms with van der Waals surface area (Å²) in [6.07, 6.45) is 0. The van der Waals surface area contributed by atoms with Gasteiger partial charge in [-0.2, -0.15) is 10.4 Å². The van der Waals surface area contributed by atoms with Crippen molar-refractivity contribution in [1.82, 2.24) is 5.43 Å². The zero-order valence-electron chi connectivity index (χ0n) is 18.4. The van der Waals surface area contributed by atoms with Crippen molar-refractivity contribution < 1.29 is 23.9 Å². The van der Waals surface area contributed by atoms with Gasteiger partial charge in [0.15, 0.2) is 0 Å². The normalized spacial score (nSPS) is 10.6. The number of benzene rings is 3. The summed E-state index contributed by atoms with van der Waals surface area (Å²) in [6.45, 7) is 1.65. The van der Waals surface area contributed by atoms with E-state index >= 15 is 0 Å². The molecule has 3 aromatic carbocycles. The fourth-order valence-electron chi connectivity index (χ4n) is 2.75. The molecule has 0 spiro atoms. The smallest absolute Gasteiger partial charge is 0.343 e. The van der Waals surface area contributed by atoms with Gasteiger partial charge in [0.25, 0.3) is 0 Å². The number of hydrogen-bond acceptors (Lipinski definition) is 7. The van der Waals surface area contributed by atoms with Crippen LogP contribution in [0.1, 0.15) is 28.4 Å². The molecule has 0 aliphatic carbocycles. The summed E-state index contributed by atoms with van der Waals surface area (Å²) >= 11 is 0. The Morgan fingerprint density at radius 1 is 0.882 bits per heavy atom. The van der Waals surface area contributed by atoms with E-state index in [4.69, 9.17) is 14.7 Å². The van der Waals surface area contributed by atoms with Crippen LogP contribution in [0.4, 0.5) is 5.69 Å². The molecule has 3 rings (SSSR count). The van der Waals surface area contributed by atoms with E-state index in [2.05, 4.69) is 15.8 Å². The molecule has 34 heavy (non-hydrogen) atoms. The predicted molar refractivity (Wildman–Crippen MR) is 125 cm³/mol. The van der Waals surface area contributed by atoms with E-state index in [1.807, 2.05) is 6.07 Å². The van der Waals surface area contributed by atoms with Gasteiger partial charge >= 0.3 is 17.8 Å². The SMILES string of the molecule is COc1cccc(C(=O)Oc2ccc(/C(C)=N/NC(=O)C(=O)Nc3ccc(C#N)cc3)cc2)c1. The topological polar surface area (TPSA) is 130 Å². The van der Waals surface area contributed by atoms with Crippen molar-refractivity contribution in [3.63, 3.8) is 0 Å². The number of hydrazone groups is 1. The minimum Gasteiger partial charge on any atom is -0.497 e. The second kappa shape index (κ2) is 11.1. The van der Waals surface area contributed by atoms with E-state index in [-0.39, 0.29) is 0 Å². The number of carbonyl (C=O) groups is 3. The van der Waals surface area contributed by atoms with Crippen LogP contribution in [0.2, 0.25) is 0 Å². The first-order valence-electron chi connectivity index (χ1n) is 10.0. The largest absolute Gasteiger partial charge is 0.497 e. The van der Waals surface area contributed by atoms with Gasteiger partial charge in [-0.15, -0.1) is 0 Å². The maximum atomic E-state index is 12.3. The molecular formula is C25H20N4O5. The highest BCUT2D eigenvalue weighted by molar-refractivity contribution is 6.39. The third-order valence-corrected chi connectivity index (χ3v) is 4.59. The van der Waals surface area contributed by atoms with Gasteiger partial charge in [0.2, 0.25) is 0 Å². The molecule has 0 atom stereocenters. The van der Waals surface area contributed by atoms with E-state index in [1.54, 1.807) is 55.5 Å². The predicted octanol–water partition coefficient (Wildman–Crippen LogP) is 3.26. The maximum Gasteiger partial charge on any atom is 0.343 e. The van der Waals surface area contributed by atoms with Crippen LogP contribution in [0, 0.1) is 11.3 Å². The lowest BCUT2D eigenvalue weighted by Crippen LogP contribution is -2.32. The van der Waals surface area contributed by atoms with Gasteiger partial charge in [0.05, 0.1) is 30.0 Å². The fraction of sp³-hybridized carbons (Fsp3) is 0.0800. The average Bonchev–Trinajstić information content (AvgIpc) is 2.87. The molecule has 0 saturated heterocycles. The van der Waals surface area contributed by atoms with Crippen molar-refractivity contribution in [2.75, 3.05) is 12.4 Å². The van der Waals surface area contributed by atoms with E-state index in [0.717, 1.165) is 0 Å².